The quantitative estimate of drug-likeness (QED) is 0.104. The Kier molecular flexibility index (Phi) is 7.15. The van der Waals surface area contributed by atoms with Crippen molar-refractivity contribution < 1.29 is 24.0 Å². The summed E-state index contributed by atoms with van der Waals surface area (Å²) in [6.45, 7) is 1.61. The molecule has 0 saturated heterocycles. The molecule has 4 rings (SSSR count). The van der Waals surface area contributed by atoms with E-state index in [1.165, 1.54) is 12.1 Å². The summed E-state index contributed by atoms with van der Waals surface area (Å²) in [7, 11) is 0. The first kappa shape index (κ1) is 24.8. The van der Waals surface area contributed by atoms with Gasteiger partial charge in [-0.2, -0.15) is 0 Å². The third-order valence-corrected chi connectivity index (χ3v) is 6.30. The van der Waals surface area contributed by atoms with Gasteiger partial charge in [-0.05, 0) is 92.9 Å². The number of nitro groups is 1. The van der Waals surface area contributed by atoms with Crippen LogP contribution in [-0.2, 0) is 9.53 Å². The lowest BCUT2D eigenvalue weighted by molar-refractivity contribution is -0.385. The molecule has 0 spiro atoms. The van der Waals surface area contributed by atoms with Crippen molar-refractivity contribution in [3.63, 3.8) is 0 Å². The summed E-state index contributed by atoms with van der Waals surface area (Å²) in [5, 5.41) is 11.7. The lowest BCUT2D eigenvalue weighted by atomic mass is 10.1. The number of esters is 2. The minimum absolute atomic E-state index is 0.00735. The van der Waals surface area contributed by atoms with Gasteiger partial charge < -0.3 is 9.47 Å². The van der Waals surface area contributed by atoms with E-state index in [0.717, 1.165) is 0 Å². The average Bonchev–Trinajstić information content (AvgIpc) is 3.16. The molecular formula is C24H13Br2ClN2O6. The summed E-state index contributed by atoms with van der Waals surface area (Å²) in [5.41, 5.74) is 1.58. The van der Waals surface area contributed by atoms with Crippen molar-refractivity contribution in [1.29, 1.82) is 0 Å². The summed E-state index contributed by atoms with van der Waals surface area (Å²) in [6.07, 6.45) is 1.48. The highest BCUT2D eigenvalue weighted by Gasteiger charge is 2.26. The largest absolute Gasteiger partial charge is 0.421 e. The maximum atomic E-state index is 12.5. The molecule has 0 aromatic heterocycles. The monoisotopic (exact) mass is 618 g/mol. The van der Waals surface area contributed by atoms with Gasteiger partial charge in [0.2, 0.25) is 5.90 Å². The van der Waals surface area contributed by atoms with Gasteiger partial charge >= 0.3 is 11.9 Å². The van der Waals surface area contributed by atoms with Crippen LogP contribution in [0, 0.1) is 17.0 Å². The van der Waals surface area contributed by atoms with Crippen molar-refractivity contribution >= 4 is 73.1 Å². The zero-order valence-corrected chi connectivity index (χ0v) is 21.7. The van der Waals surface area contributed by atoms with Crippen molar-refractivity contribution in [2.75, 3.05) is 0 Å². The number of aryl methyl sites for hydroxylation is 1. The fourth-order valence-electron chi connectivity index (χ4n) is 3.13. The second kappa shape index (κ2) is 10.1. The maximum Gasteiger partial charge on any atom is 0.363 e. The van der Waals surface area contributed by atoms with Crippen LogP contribution in [0.25, 0.3) is 6.08 Å². The number of halogens is 3. The van der Waals surface area contributed by atoms with E-state index in [9.17, 15) is 19.7 Å². The number of aliphatic imine (C=N–C) groups is 1. The van der Waals surface area contributed by atoms with E-state index < -0.39 is 16.9 Å². The lowest BCUT2D eigenvalue weighted by Gasteiger charge is -2.10. The topological polar surface area (TPSA) is 108 Å². The number of nitro benzene ring substituents is 1. The molecule has 3 aromatic carbocycles. The first-order valence-electron chi connectivity index (χ1n) is 9.87. The molecule has 0 atom stereocenters. The van der Waals surface area contributed by atoms with Crippen LogP contribution in [0.2, 0.25) is 5.02 Å². The molecular weight excluding hydrogens is 608 g/mol. The summed E-state index contributed by atoms with van der Waals surface area (Å²) in [5.74, 6) is -1.06. The van der Waals surface area contributed by atoms with E-state index in [0.29, 0.717) is 36.2 Å². The first-order valence-corrected chi connectivity index (χ1v) is 11.8. The van der Waals surface area contributed by atoms with Crippen LogP contribution < -0.4 is 4.74 Å². The normalized spacial score (nSPS) is 14.0. The molecule has 1 aliphatic heterocycles. The molecule has 0 amide bonds. The SMILES string of the molecule is Cc1ccc(C2=N/C(=C\c3cc(Br)c(OC(=O)c4ccc(Cl)cc4)c(Br)c3)C(=O)O2)cc1[N+](=O)[O-]. The fraction of sp³-hybridized carbons (Fsp3) is 0.0417. The number of hydrogen-bond acceptors (Lipinski definition) is 7. The van der Waals surface area contributed by atoms with Crippen LogP contribution in [0.3, 0.4) is 0 Å². The van der Waals surface area contributed by atoms with Crippen molar-refractivity contribution in [2.24, 2.45) is 4.99 Å². The second-order valence-electron chi connectivity index (χ2n) is 7.30. The van der Waals surface area contributed by atoms with E-state index in [-0.39, 0.29) is 23.0 Å². The van der Waals surface area contributed by atoms with Crippen molar-refractivity contribution in [3.8, 4) is 5.75 Å². The standard InChI is InChI=1S/C24H13Br2ClN2O6/c1-12-2-3-15(11-20(12)29(32)33)22-28-19(24(31)35-22)10-13-8-17(25)21(18(26)9-13)34-23(30)14-4-6-16(27)7-5-14/h2-11H,1H3/b19-10-. The maximum absolute atomic E-state index is 12.5. The number of ether oxygens (including phenoxy) is 2. The molecule has 0 bridgehead atoms. The van der Waals surface area contributed by atoms with Gasteiger partial charge in [-0.3, -0.25) is 10.1 Å². The molecule has 0 unspecified atom stereocenters. The van der Waals surface area contributed by atoms with E-state index in [4.69, 9.17) is 21.1 Å². The summed E-state index contributed by atoms with van der Waals surface area (Å²) >= 11 is 12.6. The highest BCUT2D eigenvalue weighted by Crippen LogP contribution is 2.36. The van der Waals surface area contributed by atoms with Crippen molar-refractivity contribution in [2.45, 2.75) is 6.92 Å². The third kappa shape index (κ3) is 5.50. The molecule has 176 valence electrons. The van der Waals surface area contributed by atoms with Crippen molar-refractivity contribution in [1.82, 2.24) is 0 Å². The molecule has 11 heteroatoms. The minimum Gasteiger partial charge on any atom is -0.421 e. The smallest absolute Gasteiger partial charge is 0.363 e. The Morgan fingerprint density at radius 2 is 1.77 bits per heavy atom. The number of nitrogens with zero attached hydrogens (tertiary/aromatic N) is 2. The molecule has 0 saturated carbocycles. The summed E-state index contributed by atoms with van der Waals surface area (Å²) in [6, 6.07) is 14.0. The number of hydrogen-bond donors (Lipinski definition) is 0. The van der Waals surface area contributed by atoms with E-state index in [2.05, 4.69) is 36.9 Å². The summed E-state index contributed by atoms with van der Waals surface area (Å²) < 4.78 is 11.6. The van der Waals surface area contributed by atoms with E-state index >= 15 is 0 Å². The molecule has 0 aliphatic carbocycles. The molecule has 35 heavy (non-hydrogen) atoms. The highest BCUT2D eigenvalue weighted by molar-refractivity contribution is 9.11. The van der Waals surface area contributed by atoms with Crippen LogP contribution in [0.5, 0.6) is 5.75 Å². The Bertz CT molecular complexity index is 1430. The van der Waals surface area contributed by atoms with Gasteiger partial charge in [0.1, 0.15) is 0 Å². The minimum atomic E-state index is -0.700. The van der Waals surface area contributed by atoms with Crippen molar-refractivity contribution in [3.05, 3.63) is 107 Å². The average molecular weight is 621 g/mol. The van der Waals surface area contributed by atoms with E-state index in [1.807, 2.05) is 0 Å². The zero-order valence-electron chi connectivity index (χ0n) is 17.8. The second-order valence-corrected chi connectivity index (χ2v) is 9.45. The van der Waals surface area contributed by atoms with Crippen LogP contribution in [0.4, 0.5) is 5.69 Å². The number of cyclic esters (lactones) is 1. The number of rotatable bonds is 5. The summed E-state index contributed by atoms with van der Waals surface area (Å²) in [4.78, 5) is 39.7. The Balaban J connectivity index is 1.60. The van der Waals surface area contributed by atoms with Gasteiger partial charge in [0.05, 0.1) is 19.4 Å². The van der Waals surface area contributed by atoms with Gasteiger partial charge in [0.25, 0.3) is 5.69 Å². The molecule has 1 heterocycles. The Labute approximate surface area is 220 Å². The zero-order chi connectivity index (χ0) is 25.3. The van der Waals surface area contributed by atoms with Gasteiger partial charge in [-0.15, -0.1) is 0 Å². The van der Waals surface area contributed by atoms with Crippen LogP contribution in [-0.4, -0.2) is 22.8 Å². The number of carbonyl (C=O) groups excluding carboxylic acids is 2. The number of benzene rings is 3. The van der Waals surface area contributed by atoms with Crippen LogP contribution in [0.15, 0.2) is 74.2 Å². The van der Waals surface area contributed by atoms with Gasteiger partial charge in [0, 0.05) is 22.2 Å². The Hall–Kier alpha value is -3.34. The molecule has 3 aromatic rings. The molecule has 8 nitrogen and oxygen atoms in total. The molecule has 1 aliphatic rings. The molecule has 0 radical (unpaired) electrons. The Morgan fingerprint density at radius 3 is 2.40 bits per heavy atom. The predicted molar refractivity (Wildman–Crippen MR) is 137 cm³/mol. The van der Waals surface area contributed by atoms with Gasteiger partial charge in [0.15, 0.2) is 11.4 Å². The molecule has 0 fully saturated rings. The van der Waals surface area contributed by atoms with Gasteiger partial charge in [-0.1, -0.05) is 17.7 Å². The van der Waals surface area contributed by atoms with Gasteiger partial charge in [-0.25, -0.2) is 14.6 Å². The highest BCUT2D eigenvalue weighted by atomic mass is 79.9. The van der Waals surface area contributed by atoms with Crippen LogP contribution >= 0.6 is 43.5 Å². The van der Waals surface area contributed by atoms with Crippen LogP contribution in [0.1, 0.15) is 27.0 Å². The first-order chi connectivity index (χ1) is 16.6. The number of carbonyl (C=O) groups is 2. The third-order valence-electron chi connectivity index (χ3n) is 4.87. The van der Waals surface area contributed by atoms with E-state index in [1.54, 1.807) is 55.5 Å². The predicted octanol–water partition coefficient (Wildman–Crippen LogP) is 6.65. The lowest BCUT2D eigenvalue weighted by Crippen LogP contribution is -2.09. The fourth-order valence-corrected chi connectivity index (χ4v) is 4.64. The Morgan fingerprint density at radius 1 is 1.11 bits per heavy atom. The molecule has 0 N–H and O–H groups in total.